The Morgan fingerprint density at radius 1 is 1.30 bits per heavy atom. The Kier molecular flexibility index (Phi) is 3.77. The van der Waals surface area contributed by atoms with Crippen LogP contribution in [-0.4, -0.2) is 19.9 Å². The van der Waals surface area contributed by atoms with E-state index >= 15 is 0 Å². The molecule has 3 N–H and O–H groups in total. The summed E-state index contributed by atoms with van der Waals surface area (Å²) < 4.78 is 5.22. The third kappa shape index (κ3) is 2.77. The Hall–Kier alpha value is -3.20. The minimum Gasteiger partial charge on any atom is -0.495 e. The number of methoxy groups -OCH3 is 1. The van der Waals surface area contributed by atoms with Gasteiger partial charge in [-0.2, -0.15) is 5.26 Å². The molecule has 0 bridgehead atoms. The lowest BCUT2D eigenvalue weighted by Crippen LogP contribution is -2.04. The number of pyridine rings is 1. The summed E-state index contributed by atoms with van der Waals surface area (Å²) in [7, 11) is 7.35. The molecule has 0 amide bonds. The standard InChI is InChI=1S/C17H13BN4O/c1-23-16-7-15-13(6-14(16)20)17(10(8-19)9-21-15)22-12-4-2-3-11(18)5-12/h2-7,9H,20H2,1H3,(H,21,22). The lowest BCUT2D eigenvalue weighted by molar-refractivity contribution is 0.417. The summed E-state index contributed by atoms with van der Waals surface area (Å²) in [6.07, 6.45) is 1.52. The van der Waals surface area contributed by atoms with E-state index in [0.29, 0.717) is 33.7 Å². The SMILES string of the molecule is [B]c1cccc(Nc2c(C#N)cnc3cc(OC)c(N)cc23)c1. The molecule has 5 nitrogen and oxygen atoms in total. The zero-order valence-electron chi connectivity index (χ0n) is 12.5. The van der Waals surface area contributed by atoms with E-state index in [1.54, 1.807) is 31.4 Å². The second-order valence-corrected chi connectivity index (χ2v) is 5.02. The average Bonchev–Trinajstić information content (AvgIpc) is 2.55. The zero-order valence-corrected chi connectivity index (χ0v) is 12.5. The average molecular weight is 300 g/mol. The number of benzene rings is 2. The predicted molar refractivity (Wildman–Crippen MR) is 92.5 cm³/mol. The number of hydrogen-bond donors (Lipinski definition) is 2. The van der Waals surface area contributed by atoms with E-state index < -0.39 is 0 Å². The zero-order chi connectivity index (χ0) is 16.4. The van der Waals surface area contributed by atoms with Crippen molar-refractivity contribution in [2.75, 3.05) is 18.2 Å². The summed E-state index contributed by atoms with van der Waals surface area (Å²) in [4.78, 5) is 4.30. The number of hydrogen-bond acceptors (Lipinski definition) is 5. The van der Waals surface area contributed by atoms with E-state index in [9.17, 15) is 5.26 Å². The van der Waals surface area contributed by atoms with Gasteiger partial charge < -0.3 is 15.8 Å². The van der Waals surface area contributed by atoms with Crippen LogP contribution in [0.4, 0.5) is 17.1 Å². The molecule has 0 aliphatic carbocycles. The van der Waals surface area contributed by atoms with Gasteiger partial charge in [-0.3, -0.25) is 4.98 Å². The number of fused-ring (bicyclic) bond motifs is 1. The number of ether oxygens (including phenoxy) is 1. The molecule has 3 rings (SSSR count). The lowest BCUT2D eigenvalue weighted by atomic mass is 9.96. The van der Waals surface area contributed by atoms with Crippen LogP contribution in [0.2, 0.25) is 0 Å². The van der Waals surface area contributed by atoms with Crippen molar-refractivity contribution in [2.24, 2.45) is 0 Å². The summed E-state index contributed by atoms with van der Waals surface area (Å²) >= 11 is 0. The van der Waals surface area contributed by atoms with Crippen LogP contribution in [0.3, 0.4) is 0 Å². The van der Waals surface area contributed by atoms with Crippen LogP contribution < -0.4 is 21.3 Å². The molecule has 0 aliphatic heterocycles. The van der Waals surface area contributed by atoms with Gasteiger partial charge in [-0.1, -0.05) is 17.6 Å². The van der Waals surface area contributed by atoms with E-state index in [4.69, 9.17) is 18.3 Å². The molecule has 0 saturated carbocycles. The Bertz CT molecular complexity index is 934. The van der Waals surface area contributed by atoms with Crippen LogP contribution in [0.5, 0.6) is 5.75 Å². The minimum absolute atomic E-state index is 0.421. The van der Waals surface area contributed by atoms with Crippen molar-refractivity contribution < 1.29 is 4.74 Å². The highest BCUT2D eigenvalue weighted by atomic mass is 16.5. The van der Waals surface area contributed by atoms with Crippen LogP contribution in [0, 0.1) is 11.3 Å². The maximum Gasteiger partial charge on any atom is 0.143 e. The van der Waals surface area contributed by atoms with Crippen LogP contribution in [0.1, 0.15) is 5.56 Å². The van der Waals surface area contributed by atoms with Gasteiger partial charge in [0.05, 0.1) is 29.6 Å². The van der Waals surface area contributed by atoms with E-state index in [2.05, 4.69) is 16.4 Å². The normalized spacial score (nSPS) is 10.3. The fourth-order valence-corrected chi connectivity index (χ4v) is 2.39. The summed E-state index contributed by atoms with van der Waals surface area (Å²) in [5, 5.41) is 13.3. The number of nitrogens with one attached hydrogen (secondary N) is 1. The number of aromatic nitrogens is 1. The first-order valence-corrected chi connectivity index (χ1v) is 6.91. The van der Waals surface area contributed by atoms with Gasteiger partial charge in [0.15, 0.2) is 0 Å². The molecule has 1 heterocycles. The molecule has 6 heteroatoms. The van der Waals surface area contributed by atoms with Gasteiger partial charge in [0, 0.05) is 23.3 Å². The quantitative estimate of drug-likeness (QED) is 0.572. The second-order valence-electron chi connectivity index (χ2n) is 5.02. The summed E-state index contributed by atoms with van der Waals surface area (Å²) in [6.45, 7) is 0. The highest BCUT2D eigenvalue weighted by molar-refractivity contribution is 6.32. The van der Waals surface area contributed by atoms with E-state index in [0.717, 1.165) is 11.1 Å². The molecule has 2 radical (unpaired) electrons. The fourth-order valence-electron chi connectivity index (χ4n) is 2.39. The molecule has 3 aromatic rings. The molecule has 23 heavy (non-hydrogen) atoms. The van der Waals surface area contributed by atoms with Gasteiger partial charge in [-0.05, 0) is 18.2 Å². The first kappa shape index (κ1) is 14.7. The Morgan fingerprint density at radius 3 is 2.83 bits per heavy atom. The lowest BCUT2D eigenvalue weighted by Gasteiger charge is -2.13. The first-order valence-electron chi connectivity index (χ1n) is 6.91. The van der Waals surface area contributed by atoms with Gasteiger partial charge in [-0.25, -0.2) is 0 Å². The largest absolute Gasteiger partial charge is 0.495 e. The molecular formula is C17H13BN4O. The van der Waals surface area contributed by atoms with Crippen LogP contribution in [0.15, 0.2) is 42.6 Å². The van der Waals surface area contributed by atoms with E-state index in [1.807, 2.05) is 12.1 Å². The number of anilines is 3. The number of nitrogens with two attached hydrogens (primary N) is 1. The van der Waals surface area contributed by atoms with E-state index in [1.165, 1.54) is 6.20 Å². The highest BCUT2D eigenvalue weighted by Gasteiger charge is 2.12. The first-order chi connectivity index (χ1) is 11.1. The summed E-state index contributed by atoms with van der Waals surface area (Å²) in [5.41, 5.74) is 9.62. The fraction of sp³-hybridized carbons (Fsp3) is 0.0588. The molecule has 0 saturated heterocycles. The van der Waals surface area contributed by atoms with Crippen molar-refractivity contribution in [2.45, 2.75) is 0 Å². The molecule has 0 aliphatic rings. The molecule has 0 atom stereocenters. The number of nitrogens with zero attached hydrogens (tertiary/aromatic N) is 2. The molecule has 2 aromatic carbocycles. The maximum absolute atomic E-state index is 9.37. The third-order valence-electron chi connectivity index (χ3n) is 3.50. The van der Waals surface area contributed by atoms with Crippen LogP contribution in [-0.2, 0) is 0 Å². The third-order valence-corrected chi connectivity index (χ3v) is 3.50. The molecular weight excluding hydrogens is 287 g/mol. The van der Waals surface area contributed by atoms with Crippen molar-refractivity contribution >= 4 is 41.3 Å². The van der Waals surface area contributed by atoms with Gasteiger partial charge in [0.2, 0.25) is 0 Å². The van der Waals surface area contributed by atoms with Crippen molar-refractivity contribution in [3.8, 4) is 11.8 Å². The van der Waals surface area contributed by atoms with Crippen molar-refractivity contribution in [3.63, 3.8) is 0 Å². The second kappa shape index (κ2) is 5.89. The monoisotopic (exact) mass is 300 g/mol. The van der Waals surface area contributed by atoms with Crippen LogP contribution in [0.25, 0.3) is 10.9 Å². The molecule has 0 unspecified atom stereocenters. The highest BCUT2D eigenvalue weighted by Crippen LogP contribution is 2.34. The summed E-state index contributed by atoms with van der Waals surface area (Å²) in [5.74, 6) is 0.546. The number of nitrogen functional groups attached to an aromatic ring is 1. The van der Waals surface area contributed by atoms with Crippen molar-refractivity contribution in [1.29, 1.82) is 5.26 Å². The van der Waals surface area contributed by atoms with Gasteiger partial charge in [-0.15, -0.1) is 0 Å². The van der Waals surface area contributed by atoms with E-state index in [-0.39, 0.29) is 0 Å². The Balaban J connectivity index is 2.20. The number of nitriles is 1. The van der Waals surface area contributed by atoms with Gasteiger partial charge in [0.25, 0.3) is 0 Å². The predicted octanol–water partition coefficient (Wildman–Crippen LogP) is 2.23. The van der Waals surface area contributed by atoms with Gasteiger partial charge in [0.1, 0.15) is 19.7 Å². The van der Waals surface area contributed by atoms with Crippen LogP contribution >= 0.6 is 0 Å². The molecule has 0 fully saturated rings. The molecule has 110 valence electrons. The minimum atomic E-state index is 0.421. The van der Waals surface area contributed by atoms with Crippen molar-refractivity contribution in [1.82, 2.24) is 4.98 Å². The smallest absolute Gasteiger partial charge is 0.143 e. The molecule has 1 aromatic heterocycles. The Morgan fingerprint density at radius 2 is 2.13 bits per heavy atom. The Labute approximate surface area is 135 Å². The van der Waals surface area contributed by atoms with Crippen molar-refractivity contribution in [3.05, 3.63) is 48.2 Å². The molecule has 0 spiro atoms. The maximum atomic E-state index is 9.37. The number of rotatable bonds is 3. The topological polar surface area (TPSA) is 84.0 Å². The summed E-state index contributed by atoms with van der Waals surface area (Å²) in [6, 6.07) is 12.9. The van der Waals surface area contributed by atoms with Gasteiger partial charge >= 0.3 is 0 Å².